The summed E-state index contributed by atoms with van der Waals surface area (Å²) >= 11 is 0. The Labute approximate surface area is 116 Å². The van der Waals surface area contributed by atoms with Gasteiger partial charge >= 0.3 is 0 Å². The van der Waals surface area contributed by atoms with Gasteiger partial charge in [-0.25, -0.2) is 0 Å². The molecular formula is C19H20. The molecule has 0 bridgehead atoms. The molecule has 0 unspecified atom stereocenters. The zero-order chi connectivity index (χ0) is 12.9. The van der Waals surface area contributed by atoms with E-state index in [1.807, 2.05) is 0 Å². The maximum absolute atomic E-state index is 3.57. The molecule has 0 amide bonds. The Hall–Kier alpha value is -1.56. The molecule has 0 heteroatoms. The van der Waals surface area contributed by atoms with E-state index < -0.39 is 0 Å². The van der Waals surface area contributed by atoms with Crippen molar-refractivity contribution < 1.29 is 0 Å². The lowest BCUT2D eigenvalue weighted by atomic mass is 9.81. The molecule has 0 aliphatic heterocycles. The van der Waals surface area contributed by atoms with Crippen LogP contribution in [-0.4, -0.2) is 0 Å². The van der Waals surface area contributed by atoms with E-state index in [1.54, 1.807) is 0 Å². The Morgan fingerprint density at radius 1 is 0.737 bits per heavy atom. The van der Waals surface area contributed by atoms with Crippen molar-refractivity contribution in [1.82, 2.24) is 0 Å². The molecule has 2 aromatic carbocycles. The highest BCUT2D eigenvalue weighted by molar-refractivity contribution is 5.43. The van der Waals surface area contributed by atoms with Crippen LogP contribution < -0.4 is 0 Å². The monoisotopic (exact) mass is 248 g/mol. The minimum absolute atomic E-state index is 0.737. The second-order valence-corrected chi connectivity index (χ2v) is 5.41. The highest BCUT2D eigenvalue weighted by atomic mass is 14.2. The minimum Gasteiger partial charge on any atom is -0.0622 e. The van der Waals surface area contributed by atoms with E-state index in [0.29, 0.717) is 0 Å². The number of hydrogen-bond donors (Lipinski definition) is 0. The van der Waals surface area contributed by atoms with Crippen molar-refractivity contribution in [3.8, 4) is 0 Å². The third-order valence-electron chi connectivity index (χ3n) is 4.06. The van der Waals surface area contributed by atoms with Crippen molar-refractivity contribution in [2.75, 3.05) is 0 Å². The summed E-state index contributed by atoms with van der Waals surface area (Å²) in [5.41, 5.74) is 3.94. The van der Waals surface area contributed by atoms with Crippen LogP contribution in [0, 0.1) is 6.42 Å². The van der Waals surface area contributed by atoms with Crippen molar-refractivity contribution in [3.63, 3.8) is 0 Å². The van der Waals surface area contributed by atoms with Crippen molar-refractivity contribution in [3.05, 3.63) is 77.7 Å². The molecule has 3 rings (SSSR count). The van der Waals surface area contributed by atoms with E-state index >= 15 is 0 Å². The van der Waals surface area contributed by atoms with Gasteiger partial charge < -0.3 is 0 Å². The van der Waals surface area contributed by atoms with Crippen LogP contribution >= 0.6 is 0 Å². The van der Waals surface area contributed by atoms with Crippen molar-refractivity contribution >= 4 is 0 Å². The summed E-state index contributed by atoms with van der Waals surface area (Å²) in [5.74, 6) is 0.737. The summed E-state index contributed by atoms with van der Waals surface area (Å²) in [7, 11) is 0. The molecule has 1 saturated carbocycles. The quantitative estimate of drug-likeness (QED) is 0.699. The molecule has 1 aliphatic carbocycles. The fourth-order valence-corrected chi connectivity index (χ4v) is 3.06. The largest absolute Gasteiger partial charge is 0.0622 e. The first kappa shape index (κ1) is 12.5. The van der Waals surface area contributed by atoms with Crippen molar-refractivity contribution in [2.45, 2.75) is 38.0 Å². The zero-order valence-corrected chi connectivity index (χ0v) is 11.3. The molecule has 1 fully saturated rings. The Morgan fingerprint density at radius 2 is 1.42 bits per heavy atom. The van der Waals surface area contributed by atoms with Gasteiger partial charge in [0.25, 0.3) is 0 Å². The molecule has 0 N–H and O–H groups in total. The molecule has 0 saturated heterocycles. The van der Waals surface area contributed by atoms with E-state index in [4.69, 9.17) is 0 Å². The van der Waals surface area contributed by atoms with Gasteiger partial charge in [-0.15, -0.1) is 0 Å². The average Bonchev–Trinajstić information content (AvgIpc) is 2.50. The smallest absolute Gasteiger partial charge is 0.0504 e. The molecule has 2 radical (unpaired) electrons. The van der Waals surface area contributed by atoms with Crippen molar-refractivity contribution in [2.24, 2.45) is 0 Å². The highest BCUT2D eigenvalue weighted by Gasteiger charge is 2.18. The molecule has 96 valence electrons. The molecule has 1 aliphatic rings. The van der Waals surface area contributed by atoms with E-state index in [1.165, 1.54) is 48.8 Å². The summed E-state index contributed by atoms with van der Waals surface area (Å²) in [6.45, 7) is 0. The Kier molecular flexibility index (Phi) is 3.98. The van der Waals surface area contributed by atoms with Crippen LogP contribution in [-0.2, 0) is 0 Å². The third-order valence-corrected chi connectivity index (χ3v) is 4.06. The maximum atomic E-state index is 3.57. The van der Waals surface area contributed by atoms with Gasteiger partial charge in [0.05, 0.1) is 6.42 Å². The molecule has 2 aromatic rings. The lowest BCUT2D eigenvalue weighted by Crippen LogP contribution is -2.07. The third kappa shape index (κ3) is 3.07. The molecule has 0 atom stereocenters. The molecule has 0 aromatic heterocycles. The topological polar surface area (TPSA) is 0 Å². The van der Waals surface area contributed by atoms with E-state index in [2.05, 4.69) is 61.0 Å². The predicted octanol–water partition coefficient (Wildman–Crippen LogP) is 5.21. The molecular weight excluding hydrogens is 228 g/mol. The summed E-state index contributed by atoms with van der Waals surface area (Å²) in [6.07, 6.45) is 10.4. The average molecular weight is 248 g/mol. The molecule has 0 heterocycles. The van der Waals surface area contributed by atoms with Gasteiger partial charge in [0, 0.05) is 0 Å². The van der Waals surface area contributed by atoms with Crippen LogP contribution in [0.2, 0.25) is 0 Å². The number of rotatable bonds is 3. The van der Waals surface area contributed by atoms with Gasteiger partial charge in [0.2, 0.25) is 0 Å². The van der Waals surface area contributed by atoms with Crippen LogP contribution in [0.5, 0.6) is 0 Å². The van der Waals surface area contributed by atoms with E-state index in [9.17, 15) is 0 Å². The predicted molar refractivity (Wildman–Crippen MR) is 80.2 cm³/mol. The summed E-state index contributed by atoms with van der Waals surface area (Å²) in [6, 6.07) is 19.2. The number of benzene rings is 2. The lowest BCUT2D eigenvalue weighted by Gasteiger charge is -2.24. The summed E-state index contributed by atoms with van der Waals surface area (Å²) < 4.78 is 0. The Balaban J connectivity index is 1.84. The standard InChI is InChI=1S/C19H20/c1-3-9-16(10-4-1)15-18-13-7-8-14-19(18)17-11-5-2-6-12-17/h1,3-4,7-10,13-14,17H,2,5-6,11-12H2. The first-order chi connectivity index (χ1) is 9.43. The van der Waals surface area contributed by atoms with Crippen molar-refractivity contribution in [1.29, 1.82) is 0 Å². The Bertz CT molecular complexity index is 507. The normalized spacial score (nSPS) is 16.4. The molecule has 0 spiro atoms. The highest BCUT2D eigenvalue weighted by Crippen LogP contribution is 2.35. The van der Waals surface area contributed by atoms with Gasteiger partial charge in [-0.2, -0.15) is 0 Å². The molecule has 0 nitrogen and oxygen atoms in total. The van der Waals surface area contributed by atoms with Gasteiger partial charge in [-0.1, -0.05) is 73.9 Å². The molecule has 19 heavy (non-hydrogen) atoms. The van der Waals surface area contributed by atoms with E-state index in [0.717, 1.165) is 5.92 Å². The first-order valence-electron chi connectivity index (χ1n) is 7.34. The summed E-state index contributed by atoms with van der Waals surface area (Å²) in [4.78, 5) is 0. The van der Waals surface area contributed by atoms with E-state index in [-0.39, 0.29) is 0 Å². The van der Waals surface area contributed by atoms with Crippen LogP contribution in [0.1, 0.15) is 54.7 Å². The number of hydrogen-bond acceptors (Lipinski definition) is 0. The lowest BCUT2D eigenvalue weighted by molar-refractivity contribution is 0.443. The Morgan fingerprint density at radius 3 is 2.21 bits per heavy atom. The fourth-order valence-electron chi connectivity index (χ4n) is 3.06. The maximum Gasteiger partial charge on any atom is 0.0504 e. The van der Waals surface area contributed by atoms with Gasteiger partial charge in [0.15, 0.2) is 0 Å². The zero-order valence-electron chi connectivity index (χ0n) is 11.3. The van der Waals surface area contributed by atoms with Crippen LogP contribution in [0.4, 0.5) is 0 Å². The SMILES string of the molecule is [C](c1ccccc1)c1ccccc1C1CCCCC1. The van der Waals surface area contributed by atoms with Gasteiger partial charge in [0.1, 0.15) is 0 Å². The van der Waals surface area contributed by atoms with Crippen LogP contribution in [0.25, 0.3) is 0 Å². The van der Waals surface area contributed by atoms with Crippen LogP contribution in [0.15, 0.2) is 54.6 Å². The van der Waals surface area contributed by atoms with Gasteiger partial charge in [-0.05, 0) is 35.4 Å². The fraction of sp³-hybridized carbons (Fsp3) is 0.316. The first-order valence-corrected chi connectivity index (χ1v) is 7.34. The second-order valence-electron chi connectivity index (χ2n) is 5.41. The second kappa shape index (κ2) is 6.06. The van der Waals surface area contributed by atoms with Gasteiger partial charge in [-0.3, -0.25) is 0 Å². The summed E-state index contributed by atoms with van der Waals surface area (Å²) in [5, 5.41) is 0. The van der Waals surface area contributed by atoms with Crippen LogP contribution in [0.3, 0.4) is 0 Å². The minimum atomic E-state index is 0.737.